The van der Waals surface area contributed by atoms with Crippen molar-refractivity contribution < 1.29 is 15.0 Å². The lowest BCUT2D eigenvalue weighted by Gasteiger charge is -2.16. The van der Waals surface area contributed by atoms with E-state index in [4.69, 9.17) is 0 Å². The number of nitrogens with zero attached hydrogens (tertiary/aromatic N) is 1. The molecule has 1 heterocycles. The third-order valence-corrected chi connectivity index (χ3v) is 4.19. The molecule has 1 aromatic carbocycles. The van der Waals surface area contributed by atoms with E-state index in [0.29, 0.717) is 17.5 Å². The third-order valence-electron chi connectivity index (χ3n) is 3.43. The van der Waals surface area contributed by atoms with Gasteiger partial charge in [-0.25, -0.2) is 0 Å². The first-order valence-corrected chi connectivity index (χ1v) is 8.12. The molecule has 5 heteroatoms. The minimum atomic E-state index is -0.125. The number of hydrogen-bond donors (Lipinski definition) is 2. The van der Waals surface area contributed by atoms with Crippen molar-refractivity contribution in [3.63, 3.8) is 0 Å². The van der Waals surface area contributed by atoms with E-state index in [-0.39, 0.29) is 19.1 Å². The van der Waals surface area contributed by atoms with Gasteiger partial charge in [-0.2, -0.15) is 0 Å². The number of halogens is 1. The lowest BCUT2D eigenvalue weighted by Crippen LogP contribution is -2.27. The molecule has 0 saturated heterocycles. The number of amides is 1. The summed E-state index contributed by atoms with van der Waals surface area (Å²) >= 11 is 2.30. The van der Waals surface area contributed by atoms with Gasteiger partial charge in [0.15, 0.2) is 0 Å². The molecule has 0 saturated carbocycles. The molecule has 108 valence electrons. The zero-order chi connectivity index (χ0) is 14.5. The summed E-state index contributed by atoms with van der Waals surface area (Å²) in [7, 11) is 0. The Balaban J connectivity index is 2.31. The zero-order valence-electron chi connectivity index (χ0n) is 11.2. The highest BCUT2D eigenvalue weighted by molar-refractivity contribution is 14.1. The summed E-state index contributed by atoms with van der Waals surface area (Å²) in [5, 5.41) is 18.7. The van der Waals surface area contributed by atoms with Crippen LogP contribution in [0.3, 0.4) is 0 Å². The average Bonchev–Trinajstić information content (AvgIpc) is 2.61. The fraction of sp³-hybridized carbons (Fsp3) is 0.400. The van der Waals surface area contributed by atoms with Gasteiger partial charge in [0.2, 0.25) is 5.91 Å². The number of rotatable bonds is 5. The molecule has 1 amide bonds. The minimum Gasteiger partial charge on any atom is -0.392 e. The van der Waals surface area contributed by atoms with Crippen molar-refractivity contribution in [2.75, 3.05) is 11.0 Å². The Bertz CT molecular complexity index is 528. The number of benzene rings is 1. The van der Waals surface area contributed by atoms with Crippen molar-refractivity contribution in [3.8, 4) is 0 Å². The van der Waals surface area contributed by atoms with Gasteiger partial charge in [-0.05, 0) is 40.8 Å². The van der Waals surface area contributed by atoms with Crippen molar-refractivity contribution in [2.45, 2.75) is 26.1 Å². The lowest BCUT2D eigenvalue weighted by molar-refractivity contribution is -0.127. The van der Waals surface area contributed by atoms with Crippen LogP contribution in [0, 0.1) is 0 Å². The molecule has 0 spiro atoms. The number of aliphatic hydroxyl groups excluding tert-OH is 2. The Morgan fingerprint density at radius 1 is 1.20 bits per heavy atom. The Hall–Kier alpha value is -0.920. The standard InChI is InChI=1S/C15H18INO3/c16-3-1-4-17-5-2-11-6-13(9-18)14(10-19)7-12(11)8-15(17)20/h2,5-7,18-19H,1,3-4,8-10H2. The van der Waals surface area contributed by atoms with E-state index in [1.54, 1.807) is 4.90 Å². The molecule has 1 aliphatic heterocycles. The van der Waals surface area contributed by atoms with Crippen LogP contribution < -0.4 is 0 Å². The Labute approximate surface area is 132 Å². The van der Waals surface area contributed by atoms with E-state index < -0.39 is 0 Å². The van der Waals surface area contributed by atoms with Crippen LogP contribution in [-0.4, -0.2) is 32.0 Å². The van der Waals surface area contributed by atoms with Gasteiger partial charge < -0.3 is 15.1 Å². The van der Waals surface area contributed by atoms with Crippen LogP contribution in [0.25, 0.3) is 6.08 Å². The van der Waals surface area contributed by atoms with E-state index >= 15 is 0 Å². The van der Waals surface area contributed by atoms with Gasteiger partial charge in [0.1, 0.15) is 0 Å². The van der Waals surface area contributed by atoms with Crippen molar-refractivity contribution >= 4 is 34.6 Å². The second-order valence-corrected chi connectivity index (χ2v) is 5.84. The van der Waals surface area contributed by atoms with E-state index in [1.807, 2.05) is 24.4 Å². The van der Waals surface area contributed by atoms with E-state index in [2.05, 4.69) is 22.6 Å². The highest BCUT2D eigenvalue weighted by atomic mass is 127. The summed E-state index contributed by atoms with van der Waals surface area (Å²) in [6.07, 6.45) is 5.03. The van der Waals surface area contributed by atoms with Crippen LogP contribution in [0.5, 0.6) is 0 Å². The SMILES string of the molecule is O=C1Cc2cc(CO)c(CO)cc2C=CN1CCCI. The summed E-state index contributed by atoms with van der Waals surface area (Å²) < 4.78 is 1.02. The first kappa shape index (κ1) is 15.5. The van der Waals surface area contributed by atoms with Gasteiger partial charge in [0.25, 0.3) is 0 Å². The second-order valence-electron chi connectivity index (χ2n) is 4.76. The number of alkyl halides is 1. The quantitative estimate of drug-likeness (QED) is 0.599. The van der Waals surface area contributed by atoms with Gasteiger partial charge in [0.05, 0.1) is 19.6 Å². The van der Waals surface area contributed by atoms with Crippen molar-refractivity contribution in [1.29, 1.82) is 0 Å². The summed E-state index contributed by atoms with van der Waals surface area (Å²) in [4.78, 5) is 13.9. The smallest absolute Gasteiger partial charge is 0.230 e. The molecule has 0 atom stereocenters. The number of fused-ring (bicyclic) bond motifs is 1. The van der Waals surface area contributed by atoms with Gasteiger partial charge >= 0.3 is 0 Å². The molecular formula is C15H18INO3. The maximum absolute atomic E-state index is 12.2. The monoisotopic (exact) mass is 387 g/mol. The molecular weight excluding hydrogens is 369 g/mol. The topological polar surface area (TPSA) is 60.8 Å². The van der Waals surface area contributed by atoms with Crippen LogP contribution in [0.4, 0.5) is 0 Å². The normalized spacial score (nSPS) is 14.3. The number of hydrogen-bond acceptors (Lipinski definition) is 3. The van der Waals surface area contributed by atoms with Crippen LogP contribution in [0.2, 0.25) is 0 Å². The summed E-state index contributed by atoms with van der Waals surface area (Å²) in [6.45, 7) is 0.495. The average molecular weight is 387 g/mol. The highest BCUT2D eigenvalue weighted by Gasteiger charge is 2.18. The molecule has 2 rings (SSSR count). The first-order chi connectivity index (χ1) is 9.69. The molecule has 0 aromatic heterocycles. The predicted molar refractivity (Wildman–Crippen MR) is 86.2 cm³/mol. The summed E-state index contributed by atoms with van der Waals surface area (Å²) in [5.74, 6) is 0.0745. The Kier molecular flexibility index (Phi) is 5.56. The molecule has 2 N–H and O–H groups in total. The number of carbonyl (C=O) groups is 1. The fourth-order valence-electron chi connectivity index (χ4n) is 2.31. The molecule has 0 aliphatic carbocycles. The van der Waals surface area contributed by atoms with E-state index in [9.17, 15) is 15.0 Å². The van der Waals surface area contributed by atoms with Crippen LogP contribution in [0.1, 0.15) is 28.7 Å². The van der Waals surface area contributed by atoms with Crippen molar-refractivity contribution in [2.24, 2.45) is 0 Å². The maximum Gasteiger partial charge on any atom is 0.230 e. The van der Waals surface area contributed by atoms with Crippen LogP contribution >= 0.6 is 22.6 Å². The van der Waals surface area contributed by atoms with Crippen molar-refractivity contribution in [3.05, 3.63) is 40.6 Å². The zero-order valence-corrected chi connectivity index (χ0v) is 13.3. The number of carbonyl (C=O) groups excluding carboxylic acids is 1. The largest absolute Gasteiger partial charge is 0.392 e. The Morgan fingerprint density at radius 3 is 2.55 bits per heavy atom. The molecule has 1 aromatic rings. The van der Waals surface area contributed by atoms with E-state index in [0.717, 1.165) is 28.5 Å². The summed E-state index contributed by atoms with van der Waals surface area (Å²) in [6, 6.07) is 3.68. The van der Waals surface area contributed by atoms with Crippen LogP contribution in [0.15, 0.2) is 18.3 Å². The molecule has 0 fully saturated rings. The Morgan fingerprint density at radius 2 is 1.90 bits per heavy atom. The van der Waals surface area contributed by atoms with Gasteiger partial charge in [-0.1, -0.05) is 28.7 Å². The fourth-order valence-corrected chi connectivity index (χ4v) is 2.65. The lowest BCUT2D eigenvalue weighted by atomic mass is 9.97. The van der Waals surface area contributed by atoms with Crippen molar-refractivity contribution in [1.82, 2.24) is 4.90 Å². The molecule has 0 bridgehead atoms. The molecule has 4 nitrogen and oxygen atoms in total. The van der Waals surface area contributed by atoms with E-state index in [1.165, 1.54) is 0 Å². The minimum absolute atomic E-state index is 0.0745. The van der Waals surface area contributed by atoms with Crippen LogP contribution in [-0.2, 0) is 24.4 Å². The van der Waals surface area contributed by atoms with Gasteiger partial charge in [0, 0.05) is 17.2 Å². The number of aliphatic hydroxyl groups is 2. The third kappa shape index (κ3) is 3.39. The van der Waals surface area contributed by atoms with Gasteiger partial charge in [-0.3, -0.25) is 4.79 Å². The second kappa shape index (κ2) is 7.19. The highest BCUT2D eigenvalue weighted by Crippen LogP contribution is 2.23. The molecule has 0 radical (unpaired) electrons. The molecule has 0 unspecified atom stereocenters. The predicted octanol–water partition coefficient (Wildman–Crippen LogP) is 1.85. The first-order valence-electron chi connectivity index (χ1n) is 6.59. The maximum atomic E-state index is 12.2. The van der Waals surface area contributed by atoms with Gasteiger partial charge in [-0.15, -0.1) is 0 Å². The molecule has 20 heavy (non-hydrogen) atoms. The summed E-state index contributed by atoms with van der Waals surface area (Å²) in [5.41, 5.74) is 3.25. The molecule has 1 aliphatic rings.